The van der Waals surface area contributed by atoms with Crippen LogP contribution in [0, 0.1) is 6.92 Å². The first-order valence-corrected chi connectivity index (χ1v) is 13.2. The third-order valence-corrected chi connectivity index (χ3v) is 7.39. The lowest BCUT2D eigenvalue weighted by Crippen LogP contribution is -2.48. The molecule has 0 aliphatic heterocycles. The highest BCUT2D eigenvalue weighted by molar-refractivity contribution is 7.98. The summed E-state index contributed by atoms with van der Waals surface area (Å²) < 4.78 is 28.2. The molecule has 0 aliphatic rings. The predicted octanol–water partition coefficient (Wildman–Crippen LogP) is 3.47. The van der Waals surface area contributed by atoms with Gasteiger partial charge in [0.1, 0.15) is 6.04 Å². The topological polar surface area (TPSA) is 78.5 Å². The summed E-state index contributed by atoms with van der Waals surface area (Å²) in [4.78, 5) is 15.1. The fraction of sp³-hybridized carbons (Fsp3) is 0.409. The Morgan fingerprint density at radius 2 is 1.77 bits per heavy atom. The Morgan fingerprint density at radius 1 is 1.13 bits per heavy atom. The van der Waals surface area contributed by atoms with Gasteiger partial charge in [-0.15, -0.1) is 0 Å². The van der Waals surface area contributed by atoms with Crippen molar-refractivity contribution in [1.82, 2.24) is 14.9 Å². The summed E-state index contributed by atoms with van der Waals surface area (Å²) in [5.41, 5.74) is 1.86. The van der Waals surface area contributed by atoms with Crippen molar-refractivity contribution in [3.63, 3.8) is 0 Å². The molecule has 0 aliphatic carbocycles. The molecule has 0 radical (unpaired) electrons. The molecule has 1 amide bonds. The van der Waals surface area contributed by atoms with Crippen LogP contribution in [0.5, 0.6) is 0 Å². The van der Waals surface area contributed by atoms with Gasteiger partial charge in [-0.1, -0.05) is 47.5 Å². The summed E-state index contributed by atoms with van der Waals surface area (Å²) >= 11 is 7.90. The van der Waals surface area contributed by atoms with Crippen LogP contribution in [-0.2, 0) is 14.8 Å². The minimum absolute atomic E-state index is 0.141. The van der Waals surface area contributed by atoms with Crippen LogP contribution in [0.4, 0.5) is 0 Å². The van der Waals surface area contributed by atoms with E-state index in [-0.39, 0.29) is 16.8 Å². The Labute approximate surface area is 194 Å². The molecule has 2 aromatic rings. The van der Waals surface area contributed by atoms with Crippen molar-refractivity contribution in [2.45, 2.75) is 30.3 Å². The summed E-state index contributed by atoms with van der Waals surface area (Å²) in [6.07, 6.45) is 2.31. The SMILES string of the molecule is CSCCC(NS(=O)(=O)c1ccc(C)cc1)C(=O)NCC(c1ccccc1Cl)N(C)C. The molecule has 9 heteroatoms. The van der Waals surface area contributed by atoms with Crippen molar-refractivity contribution >= 4 is 39.3 Å². The van der Waals surface area contributed by atoms with Crippen molar-refractivity contribution < 1.29 is 13.2 Å². The van der Waals surface area contributed by atoms with Gasteiger partial charge in [0.15, 0.2) is 0 Å². The number of aryl methyl sites for hydroxylation is 1. The van der Waals surface area contributed by atoms with Gasteiger partial charge in [0.25, 0.3) is 0 Å². The van der Waals surface area contributed by atoms with Gasteiger partial charge >= 0.3 is 0 Å². The number of sulfonamides is 1. The van der Waals surface area contributed by atoms with Crippen LogP contribution in [0.15, 0.2) is 53.4 Å². The lowest BCUT2D eigenvalue weighted by atomic mass is 10.1. The van der Waals surface area contributed by atoms with E-state index in [2.05, 4.69) is 10.0 Å². The highest BCUT2D eigenvalue weighted by Crippen LogP contribution is 2.25. The zero-order valence-corrected chi connectivity index (χ0v) is 20.7. The highest BCUT2D eigenvalue weighted by Gasteiger charge is 2.26. The highest BCUT2D eigenvalue weighted by atomic mass is 35.5. The zero-order chi connectivity index (χ0) is 23.0. The van der Waals surface area contributed by atoms with Crippen molar-refractivity contribution in [3.8, 4) is 0 Å². The number of nitrogens with one attached hydrogen (secondary N) is 2. The fourth-order valence-corrected chi connectivity index (χ4v) is 5.05. The van der Waals surface area contributed by atoms with Gasteiger partial charge in [-0.2, -0.15) is 16.5 Å². The molecule has 2 aromatic carbocycles. The molecule has 2 rings (SSSR count). The van der Waals surface area contributed by atoms with Crippen molar-refractivity contribution in [2.24, 2.45) is 0 Å². The quantitative estimate of drug-likeness (QED) is 0.511. The zero-order valence-electron chi connectivity index (χ0n) is 18.3. The van der Waals surface area contributed by atoms with Gasteiger partial charge in [0.05, 0.1) is 10.9 Å². The second-order valence-electron chi connectivity index (χ2n) is 7.51. The first-order chi connectivity index (χ1) is 14.7. The number of halogens is 1. The Balaban J connectivity index is 2.14. The van der Waals surface area contributed by atoms with Crippen LogP contribution < -0.4 is 10.0 Å². The molecule has 0 aromatic heterocycles. The molecular weight excluding hydrogens is 454 g/mol. The molecule has 170 valence electrons. The number of benzene rings is 2. The van der Waals surface area contributed by atoms with Crippen molar-refractivity contribution in [1.29, 1.82) is 0 Å². The summed E-state index contributed by atoms with van der Waals surface area (Å²) in [6.45, 7) is 2.19. The molecule has 0 saturated carbocycles. The normalized spacial score (nSPS) is 13.7. The van der Waals surface area contributed by atoms with Gasteiger partial charge in [0.2, 0.25) is 15.9 Å². The number of carbonyl (C=O) groups is 1. The van der Waals surface area contributed by atoms with Crippen LogP contribution in [-0.4, -0.2) is 57.9 Å². The predicted molar refractivity (Wildman–Crippen MR) is 129 cm³/mol. The number of amides is 1. The Kier molecular flexibility index (Phi) is 9.84. The molecule has 0 spiro atoms. The summed E-state index contributed by atoms with van der Waals surface area (Å²) in [6, 6.07) is 13.0. The van der Waals surface area contributed by atoms with E-state index in [4.69, 9.17) is 11.6 Å². The van der Waals surface area contributed by atoms with Gasteiger partial charge in [-0.25, -0.2) is 8.42 Å². The first-order valence-electron chi connectivity index (χ1n) is 9.92. The Bertz CT molecular complexity index is 966. The number of thioether (sulfide) groups is 1. The molecule has 0 bridgehead atoms. The second-order valence-corrected chi connectivity index (χ2v) is 10.6. The summed E-state index contributed by atoms with van der Waals surface area (Å²) in [5, 5.41) is 3.53. The third-order valence-electron chi connectivity index (χ3n) is 4.91. The van der Waals surface area contributed by atoms with Gasteiger partial charge < -0.3 is 10.2 Å². The average molecular weight is 484 g/mol. The standard InChI is InChI=1S/C22H30ClN3O3S2/c1-16-9-11-17(12-10-16)31(28,29)25-20(13-14-30-4)22(27)24-15-21(26(2)3)18-7-5-6-8-19(18)23/h5-12,20-21,25H,13-15H2,1-4H3,(H,24,27). The van der Waals surface area contributed by atoms with E-state index in [0.29, 0.717) is 23.7 Å². The molecule has 0 heterocycles. The van der Waals surface area contributed by atoms with Crippen molar-refractivity contribution in [3.05, 3.63) is 64.7 Å². The van der Waals surface area contributed by atoms with E-state index >= 15 is 0 Å². The van der Waals surface area contributed by atoms with E-state index in [1.807, 2.05) is 56.4 Å². The lowest BCUT2D eigenvalue weighted by Gasteiger charge is -2.27. The van der Waals surface area contributed by atoms with Gasteiger partial charge in [0, 0.05) is 11.6 Å². The number of carbonyl (C=O) groups excluding carboxylic acids is 1. The Hall–Kier alpha value is -1.58. The van der Waals surface area contributed by atoms with E-state index in [1.165, 1.54) is 0 Å². The first kappa shape index (κ1) is 25.7. The van der Waals surface area contributed by atoms with E-state index in [0.717, 1.165) is 11.1 Å². The van der Waals surface area contributed by atoms with Crippen molar-refractivity contribution in [2.75, 3.05) is 32.6 Å². The van der Waals surface area contributed by atoms with Crippen LogP contribution in [0.1, 0.15) is 23.6 Å². The molecule has 2 atom stereocenters. The molecule has 31 heavy (non-hydrogen) atoms. The van der Waals surface area contributed by atoms with Crippen LogP contribution in [0.2, 0.25) is 5.02 Å². The van der Waals surface area contributed by atoms with E-state index < -0.39 is 16.1 Å². The maximum Gasteiger partial charge on any atom is 0.241 e. The number of nitrogens with zero attached hydrogens (tertiary/aromatic N) is 1. The lowest BCUT2D eigenvalue weighted by molar-refractivity contribution is -0.123. The fourth-order valence-electron chi connectivity index (χ4n) is 3.09. The van der Waals surface area contributed by atoms with Crippen LogP contribution >= 0.6 is 23.4 Å². The van der Waals surface area contributed by atoms with E-state index in [1.54, 1.807) is 36.0 Å². The average Bonchev–Trinajstić information content (AvgIpc) is 2.72. The number of hydrogen-bond donors (Lipinski definition) is 2. The molecule has 0 saturated heterocycles. The number of rotatable bonds is 11. The monoisotopic (exact) mass is 483 g/mol. The molecule has 6 nitrogen and oxygen atoms in total. The van der Waals surface area contributed by atoms with Crippen LogP contribution in [0.25, 0.3) is 0 Å². The molecule has 0 fully saturated rings. The second kappa shape index (κ2) is 11.9. The molecule has 2 N–H and O–H groups in total. The summed E-state index contributed by atoms with van der Waals surface area (Å²) in [5.74, 6) is 0.291. The Morgan fingerprint density at radius 3 is 2.35 bits per heavy atom. The third kappa shape index (κ3) is 7.50. The molecular formula is C22H30ClN3O3S2. The maximum atomic E-state index is 13.0. The number of hydrogen-bond acceptors (Lipinski definition) is 5. The van der Waals surface area contributed by atoms with Gasteiger partial charge in [-0.3, -0.25) is 4.79 Å². The smallest absolute Gasteiger partial charge is 0.241 e. The molecule has 2 unspecified atom stereocenters. The minimum atomic E-state index is -3.82. The largest absolute Gasteiger partial charge is 0.353 e. The number of likely N-dealkylation sites (N-methyl/N-ethyl adjacent to an activating group) is 1. The maximum absolute atomic E-state index is 13.0. The van der Waals surface area contributed by atoms with E-state index in [9.17, 15) is 13.2 Å². The minimum Gasteiger partial charge on any atom is -0.353 e. The van der Waals surface area contributed by atoms with Crippen LogP contribution in [0.3, 0.4) is 0 Å². The summed E-state index contributed by atoms with van der Waals surface area (Å²) in [7, 11) is -0.000700. The van der Waals surface area contributed by atoms with Gasteiger partial charge in [-0.05, 0) is 63.2 Å².